The van der Waals surface area contributed by atoms with Crippen LogP contribution in [0.4, 0.5) is 0 Å². The van der Waals surface area contributed by atoms with E-state index in [0.717, 1.165) is 23.2 Å². The Kier molecular flexibility index (Phi) is 7.30. The van der Waals surface area contributed by atoms with E-state index in [1.165, 1.54) is 65.7 Å². The number of allylic oxidation sites excluding steroid dienone is 3. The van der Waals surface area contributed by atoms with Gasteiger partial charge in [-0.15, -0.1) is 0 Å². The van der Waals surface area contributed by atoms with Crippen LogP contribution in [-0.4, -0.2) is 0 Å². The molecule has 0 saturated carbocycles. The van der Waals surface area contributed by atoms with Crippen molar-refractivity contribution in [3.8, 4) is 33.4 Å². The minimum atomic E-state index is 0.758. The number of benzene rings is 7. The highest BCUT2D eigenvalue weighted by atomic mass is 14.6. The predicted molar refractivity (Wildman–Crippen MR) is 192 cm³/mol. The Morgan fingerprint density at radius 2 is 1.09 bits per heavy atom. The monoisotopic (exact) mass is 565 g/mol. The summed E-state index contributed by atoms with van der Waals surface area (Å²) in [7, 11) is 0. The largest absolute Gasteiger partial charge is 0.398 e. The second kappa shape index (κ2) is 11.7. The van der Waals surface area contributed by atoms with Crippen LogP contribution in [0.5, 0.6) is 0 Å². The van der Waals surface area contributed by atoms with Crippen LogP contribution < -0.4 is 5.73 Å². The molecule has 0 heterocycles. The highest BCUT2D eigenvalue weighted by molar-refractivity contribution is 6.24. The van der Waals surface area contributed by atoms with E-state index < -0.39 is 0 Å². The van der Waals surface area contributed by atoms with Crippen molar-refractivity contribution in [2.75, 3.05) is 0 Å². The molecule has 0 bridgehead atoms. The van der Waals surface area contributed by atoms with Crippen molar-refractivity contribution in [3.63, 3.8) is 0 Å². The van der Waals surface area contributed by atoms with Gasteiger partial charge in [-0.25, -0.2) is 0 Å². The van der Waals surface area contributed by atoms with Crippen molar-refractivity contribution in [1.29, 1.82) is 0 Å². The zero-order valence-corrected chi connectivity index (χ0v) is 25.2. The van der Waals surface area contributed by atoms with Gasteiger partial charge in [-0.3, -0.25) is 0 Å². The number of nitrogens with two attached hydrogens (primary N) is 1. The van der Waals surface area contributed by atoms with E-state index in [0.29, 0.717) is 0 Å². The average molecular weight is 566 g/mol. The van der Waals surface area contributed by atoms with E-state index in [4.69, 9.17) is 5.73 Å². The fraction of sp³-hybridized carbons (Fsp3) is 0.0698. The minimum Gasteiger partial charge on any atom is -0.398 e. The van der Waals surface area contributed by atoms with Gasteiger partial charge < -0.3 is 5.73 Å². The molecule has 1 nitrogen and oxygen atoms in total. The van der Waals surface area contributed by atoms with Crippen molar-refractivity contribution < 1.29 is 0 Å². The summed E-state index contributed by atoms with van der Waals surface area (Å²) in [5, 5.41) is 7.54. The van der Waals surface area contributed by atoms with Gasteiger partial charge in [0, 0.05) is 5.70 Å². The molecule has 7 aromatic rings. The Morgan fingerprint density at radius 1 is 0.545 bits per heavy atom. The summed E-state index contributed by atoms with van der Waals surface area (Å²) in [4.78, 5) is 0. The summed E-state index contributed by atoms with van der Waals surface area (Å²) in [5.41, 5.74) is 17.0. The number of fused-ring (bicyclic) bond motifs is 3. The number of hydrogen-bond donors (Lipinski definition) is 1. The van der Waals surface area contributed by atoms with Gasteiger partial charge in [-0.1, -0.05) is 146 Å². The zero-order valence-electron chi connectivity index (χ0n) is 25.2. The molecule has 0 atom stereocenters. The van der Waals surface area contributed by atoms with Gasteiger partial charge >= 0.3 is 0 Å². The molecular weight excluding hydrogens is 530 g/mol. The molecule has 0 fully saturated rings. The van der Waals surface area contributed by atoms with Crippen molar-refractivity contribution in [3.05, 3.63) is 163 Å². The molecule has 0 saturated heterocycles. The molecule has 7 aromatic carbocycles. The van der Waals surface area contributed by atoms with Gasteiger partial charge in [0.1, 0.15) is 0 Å². The van der Waals surface area contributed by atoms with Gasteiger partial charge in [-0.05, 0) is 102 Å². The molecular formula is C43H35N. The van der Waals surface area contributed by atoms with E-state index in [1.54, 1.807) is 0 Å². The molecule has 0 aliphatic heterocycles. The van der Waals surface area contributed by atoms with E-state index in [9.17, 15) is 0 Å². The van der Waals surface area contributed by atoms with Crippen LogP contribution in [0.3, 0.4) is 0 Å². The lowest BCUT2D eigenvalue weighted by molar-refractivity contribution is 1.14. The molecule has 2 N–H and O–H groups in total. The molecule has 0 aliphatic carbocycles. The Morgan fingerprint density at radius 3 is 1.70 bits per heavy atom. The Balaban J connectivity index is 1.49. The lowest BCUT2D eigenvalue weighted by Crippen LogP contribution is -1.96. The zero-order chi connectivity index (χ0) is 30.0. The SMILES string of the molecule is C/C=C\C=C(/N)c1cccc(-c2cccc3c(-c4c5ccccc5c(-c5ccc(CC)cc5)c5ccccc45)cccc23)c1. The van der Waals surface area contributed by atoms with Crippen molar-refractivity contribution >= 4 is 38.0 Å². The molecule has 44 heavy (non-hydrogen) atoms. The lowest BCUT2D eigenvalue weighted by atomic mass is 9.84. The summed E-state index contributed by atoms with van der Waals surface area (Å²) in [6.45, 7) is 4.20. The molecule has 0 unspecified atom stereocenters. The Labute approximate surface area is 259 Å². The number of aryl methyl sites for hydroxylation is 1. The predicted octanol–water partition coefficient (Wildman–Crippen LogP) is 11.6. The highest BCUT2D eigenvalue weighted by Gasteiger charge is 2.18. The average Bonchev–Trinajstić information content (AvgIpc) is 3.09. The van der Waals surface area contributed by atoms with Crippen molar-refractivity contribution in [2.24, 2.45) is 5.73 Å². The third-order valence-corrected chi connectivity index (χ3v) is 8.75. The molecule has 1 heteroatoms. The quantitative estimate of drug-likeness (QED) is 0.157. The van der Waals surface area contributed by atoms with Crippen LogP contribution in [0.2, 0.25) is 0 Å². The molecule has 212 valence electrons. The normalized spacial score (nSPS) is 12.1. The lowest BCUT2D eigenvalue weighted by Gasteiger charge is -2.19. The first-order valence-electron chi connectivity index (χ1n) is 15.4. The van der Waals surface area contributed by atoms with Crippen LogP contribution in [0, 0.1) is 0 Å². The van der Waals surface area contributed by atoms with Crippen LogP contribution in [-0.2, 0) is 6.42 Å². The van der Waals surface area contributed by atoms with Gasteiger partial charge in [0.25, 0.3) is 0 Å². The topological polar surface area (TPSA) is 26.0 Å². The van der Waals surface area contributed by atoms with Gasteiger partial charge in [0.2, 0.25) is 0 Å². The molecule has 7 rings (SSSR count). The van der Waals surface area contributed by atoms with Gasteiger partial charge in [0.05, 0.1) is 0 Å². The fourth-order valence-electron chi connectivity index (χ4n) is 6.58. The van der Waals surface area contributed by atoms with E-state index in [-0.39, 0.29) is 0 Å². The smallest absolute Gasteiger partial charge is 0.0387 e. The van der Waals surface area contributed by atoms with Crippen molar-refractivity contribution in [2.45, 2.75) is 20.3 Å². The maximum Gasteiger partial charge on any atom is 0.0387 e. The van der Waals surface area contributed by atoms with Crippen LogP contribution in [0.15, 0.2) is 152 Å². The molecule has 0 radical (unpaired) electrons. The molecule has 0 aliphatic rings. The number of rotatable bonds is 6. The third kappa shape index (κ3) is 4.77. The second-order valence-corrected chi connectivity index (χ2v) is 11.3. The van der Waals surface area contributed by atoms with Crippen molar-refractivity contribution in [1.82, 2.24) is 0 Å². The second-order valence-electron chi connectivity index (χ2n) is 11.3. The minimum absolute atomic E-state index is 0.758. The van der Waals surface area contributed by atoms with Crippen LogP contribution >= 0.6 is 0 Å². The molecule has 0 amide bonds. The third-order valence-electron chi connectivity index (χ3n) is 8.75. The van der Waals surface area contributed by atoms with Gasteiger partial charge in [-0.2, -0.15) is 0 Å². The molecule has 0 aromatic heterocycles. The van der Waals surface area contributed by atoms with Crippen LogP contribution in [0.25, 0.3) is 71.4 Å². The summed E-state index contributed by atoms with van der Waals surface area (Å²) in [6, 6.07) is 48.8. The van der Waals surface area contributed by atoms with Gasteiger partial charge in [0.15, 0.2) is 0 Å². The first-order valence-corrected chi connectivity index (χ1v) is 15.4. The Hall–Kier alpha value is -5.40. The molecule has 0 spiro atoms. The summed E-state index contributed by atoms with van der Waals surface area (Å²) >= 11 is 0. The summed E-state index contributed by atoms with van der Waals surface area (Å²) < 4.78 is 0. The Bertz CT molecular complexity index is 2160. The van der Waals surface area contributed by atoms with E-state index in [2.05, 4.69) is 140 Å². The van der Waals surface area contributed by atoms with E-state index >= 15 is 0 Å². The summed E-state index contributed by atoms with van der Waals surface area (Å²) in [6.07, 6.45) is 6.96. The highest BCUT2D eigenvalue weighted by Crippen LogP contribution is 2.46. The summed E-state index contributed by atoms with van der Waals surface area (Å²) in [5.74, 6) is 0. The maximum atomic E-state index is 6.42. The first kappa shape index (κ1) is 27.4. The standard InChI is InChI=1S/C43H35N/c1-3-5-23-41(44)32-14-10-13-31(28-32)33-19-11-21-35-34(33)20-12-22-36(35)43-39-17-8-6-15-37(39)42(38-16-7-9-18-40(38)43)30-26-24-29(4-2)25-27-30/h3,5-28H,4,44H2,1-2H3/b5-3-,41-23-. The first-order chi connectivity index (χ1) is 21.7. The fourth-order valence-corrected chi connectivity index (χ4v) is 6.58. The van der Waals surface area contributed by atoms with E-state index in [1.807, 2.05) is 25.2 Å². The number of hydrogen-bond acceptors (Lipinski definition) is 1. The maximum absolute atomic E-state index is 6.42. The van der Waals surface area contributed by atoms with Crippen LogP contribution in [0.1, 0.15) is 25.0 Å².